The second kappa shape index (κ2) is 5.07. The van der Waals surface area contributed by atoms with E-state index in [0.717, 1.165) is 11.3 Å². The average molecular weight is 234 g/mol. The Morgan fingerprint density at radius 1 is 1.41 bits per heavy atom. The van der Waals surface area contributed by atoms with E-state index in [2.05, 4.69) is 10.4 Å². The lowest BCUT2D eigenvalue weighted by Crippen LogP contribution is -2.29. The van der Waals surface area contributed by atoms with Crippen molar-refractivity contribution in [3.8, 4) is 0 Å². The first-order chi connectivity index (χ1) is 8.19. The predicted molar refractivity (Wildman–Crippen MR) is 63.4 cm³/mol. The Hall–Kier alpha value is -1.72. The summed E-state index contributed by atoms with van der Waals surface area (Å²) >= 11 is 0. The number of benzene rings is 1. The zero-order chi connectivity index (χ0) is 12.3. The summed E-state index contributed by atoms with van der Waals surface area (Å²) in [7, 11) is 1.90. The molecule has 0 bridgehead atoms. The SMILES string of the molecule is Cn1cnc(C(Cc2ccc(F)cc2)NN)c1. The van der Waals surface area contributed by atoms with Gasteiger partial charge in [0.15, 0.2) is 0 Å². The molecule has 0 amide bonds. The minimum absolute atomic E-state index is 0.0679. The Balaban J connectivity index is 2.12. The molecule has 1 heterocycles. The molecule has 90 valence electrons. The minimum atomic E-state index is -0.233. The molecule has 0 saturated carbocycles. The van der Waals surface area contributed by atoms with Crippen molar-refractivity contribution < 1.29 is 4.39 Å². The number of halogens is 1. The number of aryl methyl sites for hydroxylation is 1. The molecule has 5 heteroatoms. The number of hydrogen-bond donors (Lipinski definition) is 2. The lowest BCUT2D eigenvalue weighted by atomic mass is 10.0. The predicted octanol–water partition coefficient (Wildman–Crippen LogP) is 1.31. The number of nitrogens with one attached hydrogen (secondary N) is 1. The summed E-state index contributed by atoms with van der Waals surface area (Å²) in [5, 5.41) is 0. The number of hydrazine groups is 1. The summed E-state index contributed by atoms with van der Waals surface area (Å²) < 4.78 is 14.6. The van der Waals surface area contributed by atoms with Crippen LogP contribution in [-0.4, -0.2) is 9.55 Å². The fourth-order valence-electron chi connectivity index (χ4n) is 1.72. The first kappa shape index (κ1) is 11.8. The van der Waals surface area contributed by atoms with Crippen LogP contribution in [0.1, 0.15) is 17.3 Å². The number of rotatable bonds is 4. The summed E-state index contributed by atoms with van der Waals surface area (Å²) in [4.78, 5) is 4.25. The van der Waals surface area contributed by atoms with Gasteiger partial charge in [-0.1, -0.05) is 12.1 Å². The Labute approximate surface area is 99.2 Å². The molecule has 0 fully saturated rings. The second-order valence-corrected chi connectivity index (χ2v) is 4.01. The van der Waals surface area contributed by atoms with Crippen LogP contribution in [0.4, 0.5) is 4.39 Å². The standard InChI is InChI=1S/C12H15FN4/c1-17-7-12(15-8-17)11(16-14)6-9-2-4-10(13)5-3-9/h2-5,7-8,11,16H,6,14H2,1H3. The summed E-state index contributed by atoms with van der Waals surface area (Å²) in [6.07, 6.45) is 4.31. The highest BCUT2D eigenvalue weighted by atomic mass is 19.1. The van der Waals surface area contributed by atoms with Gasteiger partial charge < -0.3 is 4.57 Å². The van der Waals surface area contributed by atoms with E-state index in [0.29, 0.717) is 6.42 Å². The molecule has 2 aromatic rings. The van der Waals surface area contributed by atoms with Crippen LogP contribution in [0.15, 0.2) is 36.8 Å². The van der Waals surface area contributed by atoms with Crippen LogP contribution in [0, 0.1) is 5.82 Å². The second-order valence-electron chi connectivity index (χ2n) is 4.01. The third-order valence-electron chi connectivity index (χ3n) is 2.64. The van der Waals surface area contributed by atoms with Crippen molar-refractivity contribution in [2.24, 2.45) is 12.9 Å². The maximum absolute atomic E-state index is 12.8. The number of nitrogens with zero attached hydrogens (tertiary/aromatic N) is 2. The monoisotopic (exact) mass is 234 g/mol. The Kier molecular flexibility index (Phi) is 3.51. The smallest absolute Gasteiger partial charge is 0.123 e. The summed E-state index contributed by atoms with van der Waals surface area (Å²) in [6.45, 7) is 0. The third kappa shape index (κ3) is 2.89. The minimum Gasteiger partial charge on any atom is -0.340 e. The van der Waals surface area contributed by atoms with Gasteiger partial charge in [-0.2, -0.15) is 0 Å². The number of aromatic nitrogens is 2. The molecule has 1 aromatic carbocycles. The van der Waals surface area contributed by atoms with Crippen molar-refractivity contribution in [3.05, 3.63) is 53.9 Å². The van der Waals surface area contributed by atoms with Gasteiger partial charge in [0.1, 0.15) is 5.82 Å². The molecular weight excluding hydrogens is 219 g/mol. The van der Waals surface area contributed by atoms with Gasteiger partial charge in [0.25, 0.3) is 0 Å². The van der Waals surface area contributed by atoms with Gasteiger partial charge in [-0.05, 0) is 24.1 Å². The van der Waals surface area contributed by atoms with Crippen LogP contribution in [0.25, 0.3) is 0 Å². The first-order valence-corrected chi connectivity index (χ1v) is 5.37. The molecule has 0 aliphatic carbocycles. The van der Waals surface area contributed by atoms with E-state index in [1.165, 1.54) is 12.1 Å². The highest BCUT2D eigenvalue weighted by Crippen LogP contribution is 2.16. The third-order valence-corrected chi connectivity index (χ3v) is 2.64. The van der Waals surface area contributed by atoms with Crippen molar-refractivity contribution in [1.29, 1.82) is 0 Å². The van der Waals surface area contributed by atoms with Gasteiger partial charge in [0, 0.05) is 13.2 Å². The zero-order valence-corrected chi connectivity index (χ0v) is 9.60. The molecule has 0 aliphatic heterocycles. The summed E-state index contributed by atoms with van der Waals surface area (Å²) in [5.41, 5.74) is 4.61. The first-order valence-electron chi connectivity index (χ1n) is 5.37. The van der Waals surface area contributed by atoms with Crippen molar-refractivity contribution in [2.75, 3.05) is 0 Å². The largest absolute Gasteiger partial charge is 0.340 e. The molecule has 1 unspecified atom stereocenters. The van der Waals surface area contributed by atoms with Gasteiger partial charge >= 0.3 is 0 Å². The average Bonchev–Trinajstić information content (AvgIpc) is 2.75. The lowest BCUT2D eigenvalue weighted by Gasteiger charge is -2.13. The maximum Gasteiger partial charge on any atom is 0.123 e. The molecule has 2 rings (SSSR count). The van der Waals surface area contributed by atoms with Gasteiger partial charge in [-0.25, -0.2) is 9.37 Å². The topological polar surface area (TPSA) is 55.9 Å². The maximum atomic E-state index is 12.8. The van der Waals surface area contributed by atoms with Crippen molar-refractivity contribution in [2.45, 2.75) is 12.5 Å². The van der Waals surface area contributed by atoms with Crippen LogP contribution in [0.5, 0.6) is 0 Å². The fourth-order valence-corrected chi connectivity index (χ4v) is 1.72. The number of hydrogen-bond acceptors (Lipinski definition) is 3. The van der Waals surface area contributed by atoms with Gasteiger partial charge in [-0.15, -0.1) is 0 Å². The molecule has 0 saturated heterocycles. The molecule has 17 heavy (non-hydrogen) atoms. The van der Waals surface area contributed by atoms with Gasteiger partial charge in [0.05, 0.1) is 18.1 Å². The van der Waals surface area contributed by atoms with Crippen molar-refractivity contribution in [3.63, 3.8) is 0 Å². The molecule has 1 aromatic heterocycles. The van der Waals surface area contributed by atoms with E-state index in [1.807, 2.05) is 17.8 Å². The van der Waals surface area contributed by atoms with Crippen LogP contribution in [-0.2, 0) is 13.5 Å². The highest BCUT2D eigenvalue weighted by Gasteiger charge is 2.12. The Morgan fingerprint density at radius 3 is 2.65 bits per heavy atom. The number of imidazole rings is 1. The highest BCUT2D eigenvalue weighted by molar-refractivity contribution is 5.19. The molecule has 0 radical (unpaired) electrons. The number of nitrogens with two attached hydrogens (primary N) is 1. The van der Waals surface area contributed by atoms with E-state index in [1.54, 1.807) is 18.5 Å². The lowest BCUT2D eigenvalue weighted by molar-refractivity contribution is 0.539. The molecule has 0 spiro atoms. The fraction of sp³-hybridized carbons (Fsp3) is 0.250. The quantitative estimate of drug-likeness (QED) is 0.619. The molecule has 4 nitrogen and oxygen atoms in total. The van der Waals surface area contributed by atoms with E-state index >= 15 is 0 Å². The Morgan fingerprint density at radius 2 is 2.12 bits per heavy atom. The van der Waals surface area contributed by atoms with E-state index < -0.39 is 0 Å². The van der Waals surface area contributed by atoms with E-state index in [4.69, 9.17) is 5.84 Å². The molecule has 1 atom stereocenters. The van der Waals surface area contributed by atoms with Gasteiger partial charge in [0.2, 0.25) is 0 Å². The summed E-state index contributed by atoms with van der Waals surface area (Å²) in [5.74, 6) is 5.29. The van der Waals surface area contributed by atoms with Crippen LogP contribution in [0.3, 0.4) is 0 Å². The summed E-state index contributed by atoms with van der Waals surface area (Å²) in [6, 6.07) is 6.33. The molecule has 0 aliphatic rings. The van der Waals surface area contributed by atoms with Crippen molar-refractivity contribution >= 4 is 0 Å². The van der Waals surface area contributed by atoms with Crippen LogP contribution >= 0.6 is 0 Å². The van der Waals surface area contributed by atoms with E-state index in [9.17, 15) is 4.39 Å². The normalized spacial score (nSPS) is 12.6. The van der Waals surface area contributed by atoms with Gasteiger partial charge in [-0.3, -0.25) is 11.3 Å². The zero-order valence-electron chi connectivity index (χ0n) is 9.60. The van der Waals surface area contributed by atoms with E-state index in [-0.39, 0.29) is 11.9 Å². The van der Waals surface area contributed by atoms with Crippen LogP contribution < -0.4 is 11.3 Å². The van der Waals surface area contributed by atoms with Crippen LogP contribution in [0.2, 0.25) is 0 Å². The molecular formula is C12H15FN4. The molecule has 3 N–H and O–H groups in total. The van der Waals surface area contributed by atoms with Crippen molar-refractivity contribution in [1.82, 2.24) is 15.0 Å². The Bertz CT molecular complexity index is 478.